The fourth-order valence-corrected chi connectivity index (χ4v) is 2.62. The topological polar surface area (TPSA) is 55.0 Å². The van der Waals surface area contributed by atoms with E-state index in [1.165, 1.54) is 16.2 Å². The summed E-state index contributed by atoms with van der Waals surface area (Å²) in [5.74, 6) is 0. The molecule has 0 aliphatic heterocycles. The van der Waals surface area contributed by atoms with Crippen LogP contribution in [0.4, 0.5) is 5.13 Å². The average Bonchev–Trinajstić information content (AvgIpc) is 2.77. The fraction of sp³-hybridized carbons (Fsp3) is 0.333. The molecule has 7 heteroatoms. The second-order valence-corrected chi connectivity index (χ2v) is 5.18. The van der Waals surface area contributed by atoms with Crippen LogP contribution in [0.1, 0.15) is 10.6 Å². The summed E-state index contributed by atoms with van der Waals surface area (Å²) in [7, 11) is 2.06. The van der Waals surface area contributed by atoms with Crippen LogP contribution in [-0.4, -0.2) is 21.9 Å². The molecule has 0 saturated carbocycles. The summed E-state index contributed by atoms with van der Waals surface area (Å²) in [6.45, 7) is 1.73. The molecule has 2 aromatic heterocycles. The van der Waals surface area contributed by atoms with Crippen LogP contribution < -0.4 is 5.73 Å². The van der Waals surface area contributed by atoms with Crippen LogP contribution >= 0.6 is 35.1 Å². The molecule has 2 rings (SSSR count). The zero-order valence-electron chi connectivity index (χ0n) is 8.79. The van der Waals surface area contributed by atoms with Crippen molar-refractivity contribution >= 4 is 40.2 Å². The van der Waals surface area contributed by atoms with Crippen molar-refractivity contribution in [2.75, 3.05) is 12.8 Å². The van der Waals surface area contributed by atoms with E-state index in [9.17, 15) is 0 Å². The van der Waals surface area contributed by atoms with Gasteiger partial charge in [-0.05, 0) is 7.05 Å². The summed E-state index contributed by atoms with van der Waals surface area (Å²) < 4.78 is 0. The van der Waals surface area contributed by atoms with Crippen molar-refractivity contribution < 1.29 is 0 Å². The standard InChI is InChI=1S/C9H12N4S2.ClH/c1-13(3-7-5-14-6-12-7)4-8-2-11-9(10)15-8;/h2,5-6H,3-4H2,1H3,(H2,10,11);1H. The van der Waals surface area contributed by atoms with E-state index in [-0.39, 0.29) is 12.4 Å². The molecule has 0 saturated heterocycles. The molecule has 2 aromatic rings. The Morgan fingerprint density at radius 2 is 2.19 bits per heavy atom. The van der Waals surface area contributed by atoms with Crippen molar-refractivity contribution in [3.05, 3.63) is 27.7 Å². The number of nitrogen functional groups attached to an aromatic ring is 1. The average molecular weight is 277 g/mol. The van der Waals surface area contributed by atoms with Gasteiger partial charge in [0.1, 0.15) is 0 Å². The van der Waals surface area contributed by atoms with Gasteiger partial charge in [0.2, 0.25) is 0 Å². The minimum absolute atomic E-state index is 0. The lowest BCUT2D eigenvalue weighted by molar-refractivity contribution is 0.318. The first-order valence-corrected chi connectivity index (χ1v) is 6.26. The molecular weight excluding hydrogens is 264 g/mol. The minimum atomic E-state index is 0. The third kappa shape index (κ3) is 3.71. The maximum Gasteiger partial charge on any atom is 0.180 e. The van der Waals surface area contributed by atoms with E-state index < -0.39 is 0 Å². The molecule has 0 bridgehead atoms. The largest absolute Gasteiger partial charge is 0.375 e. The maximum absolute atomic E-state index is 5.57. The summed E-state index contributed by atoms with van der Waals surface area (Å²) in [6, 6.07) is 0. The lowest BCUT2D eigenvalue weighted by Crippen LogP contribution is -2.16. The van der Waals surface area contributed by atoms with Crippen LogP contribution in [0, 0.1) is 0 Å². The molecule has 0 atom stereocenters. The van der Waals surface area contributed by atoms with Gasteiger partial charge < -0.3 is 5.73 Å². The van der Waals surface area contributed by atoms with Crippen LogP contribution in [0.25, 0.3) is 0 Å². The molecule has 2 heterocycles. The Labute approximate surface area is 109 Å². The number of anilines is 1. The van der Waals surface area contributed by atoms with E-state index in [0.717, 1.165) is 18.8 Å². The second-order valence-electron chi connectivity index (χ2n) is 3.32. The third-order valence-corrected chi connectivity index (χ3v) is 3.36. The maximum atomic E-state index is 5.57. The molecule has 16 heavy (non-hydrogen) atoms. The zero-order chi connectivity index (χ0) is 10.7. The summed E-state index contributed by atoms with van der Waals surface area (Å²) in [5.41, 5.74) is 8.53. The lowest BCUT2D eigenvalue weighted by atomic mass is 10.4. The van der Waals surface area contributed by atoms with E-state index in [1.807, 2.05) is 11.7 Å². The quantitative estimate of drug-likeness (QED) is 0.930. The van der Waals surface area contributed by atoms with Crippen LogP contribution in [0.2, 0.25) is 0 Å². The van der Waals surface area contributed by atoms with Gasteiger partial charge in [-0.25, -0.2) is 9.97 Å². The van der Waals surface area contributed by atoms with Crippen molar-refractivity contribution in [2.24, 2.45) is 0 Å². The molecule has 2 N–H and O–H groups in total. The molecule has 0 aliphatic rings. The summed E-state index contributed by atoms with van der Waals surface area (Å²) in [4.78, 5) is 11.6. The summed E-state index contributed by atoms with van der Waals surface area (Å²) >= 11 is 3.16. The third-order valence-electron chi connectivity index (χ3n) is 1.91. The molecule has 0 radical (unpaired) electrons. The Morgan fingerprint density at radius 1 is 1.38 bits per heavy atom. The fourth-order valence-electron chi connectivity index (χ4n) is 1.31. The van der Waals surface area contributed by atoms with Gasteiger partial charge in [0.25, 0.3) is 0 Å². The molecule has 0 aliphatic carbocycles. The number of halogens is 1. The lowest BCUT2D eigenvalue weighted by Gasteiger charge is -2.13. The molecule has 0 spiro atoms. The second kappa shape index (κ2) is 6.15. The number of nitrogens with two attached hydrogens (primary N) is 1. The number of hydrogen-bond acceptors (Lipinski definition) is 6. The van der Waals surface area contributed by atoms with Crippen LogP contribution in [-0.2, 0) is 13.1 Å². The highest BCUT2D eigenvalue weighted by Crippen LogP contribution is 2.16. The van der Waals surface area contributed by atoms with Gasteiger partial charge in [0, 0.05) is 29.5 Å². The van der Waals surface area contributed by atoms with Gasteiger partial charge in [0.15, 0.2) is 5.13 Å². The number of nitrogens with zero attached hydrogens (tertiary/aromatic N) is 3. The van der Waals surface area contributed by atoms with E-state index >= 15 is 0 Å². The number of aromatic nitrogens is 2. The smallest absolute Gasteiger partial charge is 0.180 e. The predicted octanol–water partition coefficient (Wildman–Crippen LogP) is 2.24. The normalized spacial score (nSPS) is 10.4. The highest BCUT2D eigenvalue weighted by molar-refractivity contribution is 7.15. The SMILES string of the molecule is CN(Cc1cscn1)Cc1cnc(N)s1.Cl. The first kappa shape index (κ1) is 13.4. The zero-order valence-corrected chi connectivity index (χ0v) is 11.2. The molecule has 4 nitrogen and oxygen atoms in total. The Hall–Kier alpha value is -0.690. The Bertz CT molecular complexity index is 415. The Kier molecular flexibility index (Phi) is 5.14. The summed E-state index contributed by atoms with van der Waals surface area (Å²) in [6.07, 6.45) is 1.83. The van der Waals surface area contributed by atoms with Crippen LogP contribution in [0.5, 0.6) is 0 Å². The number of thiazole rings is 2. The molecule has 0 unspecified atom stereocenters. The van der Waals surface area contributed by atoms with Crippen molar-refractivity contribution in [3.8, 4) is 0 Å². The first-order valence-electron chi connectivity index (χ1n) is 4.50. The van der Waals surface area contributed by atoms with Gasteiger partial charge in [-0.3, -0.25) is 4.90 Å². The minimum Gasteiger partial charge on any atom is -0.375 e. The molecular formula is C9H13ClN4S2. The van der Waals surface area contributed by atoms with E-state index in [1.54, 1.807) is 11.3 Å². The van der Waals surface area contributed by atoms with E-state index in [0.29, 0.717) is 5.13 Å². The highest BCUT2D eigenvalue weighted by atomic mass is 35.5. The highest BCUT2D eigenvalue weighted by Gasteiger charge is 2.05. The van der Waals surface area contributed by atoms with Gasteiger partial charge in [-0.15, -0.1) is 35.1 Å². The van der Waals surface area contributed by atoms with Crippen molar-refractivity contribution in [2.45, 2.75) is 13.1 Å². The van der Waals surface area contributed by atoms with Crippen LogP contribution in [0.15, 0.2) is 17.1 Å². The van der Waals surface area contributed by atoms with Crippen molar-refractivity contribution in [3.63, 3.8) is 0 Å². The van der Waals surface area contributed by atoms with Gasteiger partial charge >= 0.3 is 0 Å². The molecule has 0 aromatic carbocycles. The van der Waals surface area contributed by atoms with E-state index in [4.69, 9.17) is 5.73 Å². The Balaban J connectivity index is 0.00000128. The van der Waals surface area contributed by atoms with Crippen LogP contribution in [0.3, 0.4) is 0 Å². The van der Waals surface area contributed by atoms with Gasteiger partial charge in [0.05, 0.1) is 11.2 Å². The van der Waals surface area contributed by atoms with E-state index in [2.05, 4.69) is 27.3 Å². The van der Waals surface area contributed by atoms with Crippen molar-refractivity contribution in [1.82, 2.24) is 14.9 Å². The molecule has 88 valence electrons. The number of rotatable bonds is 4. The Morgan fingerprint density at radius 3 is 2.75 bits per heavy atom. The molecule has 0 amide bonds. The first-order chi connectivity index (χ1) is 7.24. The molecule has 0 fully saturated rings. The van der Waals surface area contributed by atoms with Gasteiger partial charge in [-0.1, -0.05) is 0 Å². The predicted molar refractivity (Wildman–Crippen MR) is 71.1 cm³/mol. The van der Waals surface area contributed by atoms with Gasteiger partial charge in [-0.2, -0.15) is 0 Å². The van der Waals surface area contributed by atoms with Crippen molar-refractivity contribution in [1.29, 1.82) is 0 Å². The number of hydrogen-bond donors (Lipinski definition) is 1. The monoisotopic (exact) mass is 276 g/mol. The summed E-state index contributed by atoms with van der Waals surface area (Å²) in [5, 5.41) is 2.70.